The van der Waals surface area contributed by atoms with Crippen LogP contribution in [0.15, 0.2) is 23.3 Å². The summed E-state index contributed by atoms with van der Waals surface area (Å²) in [6.45, 7) is 11.9. The molecule has 1 unspecified atom stereocenters. The molecule has 188 valence electrons. The molecule has 0 radical (unpaired) electrons. The van der Waals surface area contributed by atoms with E-state index in [1.54, 1.807) is 5.57 Å². The normalized spacial score (nSPS) is 33.4. The van der Waals surface area contributed by atoms with E-state index in [4.69, 9.17) is 0 Å². The Hall–Kier alpha value is -1.13. The van der Waals surface area contributed by atoms with Crippen LogP contribution in [0.3, 0.4) is 0 Å². The van der Waals surface area contributed by atoms with Gasteiger partial charge in [-0.15, -0.1) is 0 Å². The van der Waals surface area contributed by atoms with Gasteiger partial charge in [-0.3, -0.25) is 10.0 Å². The molecular formula is C29H49NO3. The van der Waals surface area contributed by atoms with Crippen LogP contribution in [0.5, 0.6) is 0 Å². The molecular weight excluding hydrogens is 410 g/mol. The van der Waals surface area contributed by atoms with Crippen molar-refractivity contribution in [2.24, 2.45) is 28.1 Å². The Morgan fingerprint density at radius 2 is 1.82 bits per heavy atom. The van der Waals surface area contributed by atoms with Gasteiger partial charge >= 0.3 is 0 Å². The lowest BCUT2D eigenvalue weighted by atomic mass is 9.61. The summed E-state index contributed by atoms with van der Waals surface area (Å²) in [4.78, 5) is 10.9. The van der Waals surface area contributed by atoms with Crippen molar-refractivity contribution in [2.45, 2.75) is 118 Å². The van der Waals surface area contributed by atoms with E-state index in [1.807, 2.05) is 0 Å². The number of aliphatic hydroxyl groups excluding tert-OH is 1. The lowest BCUT2D eigenvalue weighted by Crippen LogP contribution is -2.36. The molecule has 0 bridgehead atoms. The van der Waals surface area contributed by atoms with Crippen LogP contribution in [0.4, 0.5) is 0 Å². The monoisotopic (exact) mass is 459 g/mol. The molecule has 1 amide bonds. The predicted octanol–water partition coefficient (Wildman–Crippen LogP) is 7.06. The molecule has 0 aromatic rings. The minimum Gasteiger partial charge on any atom is -0.393 e. The maximum absolute atomic E-state index is 10.9. The Morgan fingerprint density at radius 1 is 1.06 bits per heavy atom. The Kier molecular flexibility index (Phi) is 8.54. The summed E-state index contributed by atoms with van der Waals surface area (Å²) in [5.41, 5.74) is 3.59. The number of amides is 1. The highest BCUT2D eigenvalue weighted by molar-refractivity contribution is 5.44. The summed E-state index contributed by atoms with van der Waals surface area (Å²) in [6, 6.07) is 0. The highest BCUT2D eigenvalue weighted by Gasteiger charge is 2.49. The molecule has 3 saturated carbocycles. The van der Waals surface area contributed by atoms with Crippen LogP contribution in [0, 0.1) is 28.1 Å². The van der Waals surface area contributed by atoms with E-state index in [9.17, 15) is 15.1 Å². The zero-order valence-corrected chi connectivity index (χ0v) is 21.9. The first-order valence-corrected chi connectivity index (χ1v) is 13.4. The van der Waals surface area contributed by atoms with Gasteiger partial charge in [0.1, 0.15) is 0 Å². The van der Waals surface area contributed by atoms with E-state index >= 15 is 0 Å². The first kappa shape index (κ1) is 26.5. The zero-order chi connectivity index (χ0) is 24.3. The van der Waals surface area contributed by atoms with Crippen LogP contribution in [0.1, 0.15) is 112 Å². The molecule has 2 N–H and O–H groups in total. The molecule has 4 heteroatoms. The van der Waals surface area contributed by atoms with Crippen molar-refractivity contribution in [3.63, 3.8) is 0 Å². The smallest absolute Gasteiger partial charge is 0.233 e. The standard InChI is InChI=1S/C29H49NO3/c1-27(2,19-28(3,4)20-30(33)21-31)17-15-24-13-14-26-23(9-7-16-29(24,26)5)12-11-22-8-6-10-25(32)18-22/h11-12,21,24-26,32-33H,6-10,13-20H2,1-5H3/b22-11-,23-12+/t24-,25+,26?,29-/m1/s1. The first-order valence-electron chi connectivity index (χ1n) is 13.4. The maximum Gasteiger partial charge on any atom is 0.233 e. The number of nitrogens with zero attached hydrogens (tertiary/aromatic N) is 1. The molecule has 0 aromatic heterocycles. The summed E-state index contributed by atoms with van der Waals surface area (Å²) in [7, 11) is 0. The quantitative estimate of drug-likeness (QED) is 0.220. The molecule has 0 aliphatic heterocycles. The second kappa shape index (κ2) is 10.6. The number of aliphatic hydroxyl groups is 1. The van der Waals surface area contributed by atoms with Crippen molar-refractivity contribution in [2.75, 3.05) is 6.54 Å². The summed E-state index contributed by atoms with van der Waals surface area (Å²) in [5.74, 6) is 1.50. The molecule has 3 aliphatic carbocycles. The fourth-order valence-electron chi connectivity index (χ4n) is 7.75. The number of hydrogen-bond acceptors (Lipinski definition) is 3. The van der Waals surface area contributed by atoms with Gasteiger partial charge in [-0.2, -0.15) is 0 Å². The molecule has 4 atom stereocenters. The summed E-state index contributed by atoms with van der Waals surface area (Å²) in [6.07, 6.45) is 19.3. The van der Waals surface area contributed by atoms with Crippen LogP contribution < -0.4 is 0 Å². The molecule has 3 aliphatic rings. The number of hydrogen-bond donors (Lipinski definition) is 2. The van der Waals surface area contributed by atoms with Crippen LogP contribution in [-0.2, 0) is 4.79 Å². The van der Waals surface area contributed by atoms with Crippen LogP contribution >= 0.6 is 0 Å². The predicted molar refractivity (Wildman–Crippen MR) is 135 cm³/mol. The fraction of sp³-hybridized carbons (Fsp3) is 0.828. The van der Waals surface area contributed by atoms with E-state index in [2.05, 4.69) is 46.8 Å². The van der Waals surface area contributed by atoms with Crippen molar-refractivity contribution in [3.05, 3.63) is 23.3 Å². The molecule has 33 heavy (non-hydrogen) atoms. The summed E-state index contributed by atoms with van der Waals surface area (Å²) in [5, 5.41) is 20.5. The average molecular weight is 460 g/mol. The van der Waals surface area contributed by atoms with E-state index in [-0.39, 0.29) is 16.9 Å². The summed E-state index contributed by atoms with van der Waals surface area (Å²) < 4.78 is 0. The Balaban J connectivity index is 1.61. The number of carbonyl (C=O) groups excluding carboxylic acids is 1. The molecule has 4 nitrogen and oxygen atoms in total. The highest BCUT2D eigenvalue weighted by atomic mass is 16.5. The lowest BCUT2D eigenvalue weighted by Gasteiger charge is -2.43. The van der Waals surface area contributed by atoms with Gasteiger partial charge in [0.25, 0.3) is 0 Å². The van der Waals surface area contributed by atoms with Gasteiger partial charge in [-0.25, -0.2) is 5.06 Å². The van der Waals surface area contributed by atoms with Gasteiger partial charge in [0.2, 0.25) is 6.41 Å². The number of rotatable bonds is 9. The van der Waals surface area contributed by atoms with Crippen LogP contribution in [-0.4, -0.2) is 34.4 Å². The van der Waals surface area contributed by atoms with E-state index in [1.165, 1.54) is 50.5 Å². The molecule has 0 spiro atoms. The molecule has 0 heterocycles. The average Bonchev–Trinajstić information content (AvgIpc) is 3.06. The third kappa shape index (κ3) is 6.94. The third-order valence-electron chi connectivity index (χ3n) is 9.07. The van der Waals surface area contributed by atoms with Crippen molar-refractivity contribution in [3.8, 4) is 0 Å². The minimum absolute atomic E-state index is 0.109. The Morgan fingerprint density at radius 3 is 2.52 bits per heavy atom. The second-order valence-electron chi connectivity index (χ2n) is 13.2. The largest absolute Gasteiger partial charge is 0.393 e. The van der Waals surface area contributed by atoms with Gasteiger partial charge in [0.15, 0.2) is 0 Å². The second-order valence-corrected chi connectivity index (χ2v) is 13.2. The van der Waals surface area contributed by atoms with Crippen LogP contribution in [0.25, 0.3) is 0 Å². The Bertz CT molecular complexity index is 737. The first-order chi connectivity index (χ1) is 15.4. The lowest BCUT2D eigenvalue weighted by molar-refractivity contribution is -0.156. The van der Waals surface area contributed by atoms with E-state index in [0.717, 1.165) is 49.0 Å². The van der Waals surface area contributed by atoms with Crippen molar-refractivity contribution in [1.82, 2.24) is 5.06 Å². The zero-order valence-electron chi connectivity index (χ0n) is 21.9. The van der Waals surface area contributed by atoms with E-state index < -0.39 is 0 Å². The van der Waals surface area contributed by atoms with Crippen molar-refractivity contribution in [1.29, 1.82) is 0 Å². The highest BCUT2D eigenvalue weighted by Crippen LogP contribution is 2.59. The minimum atomic E-state index is -0.136. The van der Waals surface area contributed by atoms with Gasteiger partial charge in [0, 0.05) is 0 Å². The van der Waals surface area contributed by atoms with E-state index in [0.29, 0.717) is 18.4 Å². The Labute approximate surface area is 202 Å². The SMILES string of the molecule is CC(C)(CC[C@H]1CCC2/C(=C/C=C3/CCC[C@H](O)C3)CCC[C@@]21C)CC(C)(C)CN(O)C=O. The van der Waals surface area contributed by atoms with Gasteiger partial charge < -0.3 is 5.11 Å². The number of fused-ring (bicyclic) bond motifs is 1. The molecule has 3 fully saturated rings. The molecule has 0 saturated heterocycles. The van der Waals surface area contributed by atoms with Gasteiger partial charge in [0.05, 0.1) is 12.6 Å². The third-order valence-corrected chi connectivity index (χ3v) is 9.07. The van der Waals surface area contributed by atoms with Crippen LogP contribution in [0.2, 0.25) is 0 Å². The molecule has 0 aromatic carbocycles. The molecule has 3 rings (SSSR count). The maximum atomic E-state index is 10.9. The summed E-state index contributed by atoms with van der Waals surface area (Å²) >= 11 is 0. The van der Waals surface area contributed by atoms with Gasteiger partial charge in [-0.1, -0.05) is 57.9 Å². The number of hydroxylamine groups is 2. The van der Waals surface area contributed by atoms with Crippen molar-refractivity contribution < 1.29 is 15.1 Å². The van der Waals surface area contributed by atoms with Gasteiger partial charge in [-0.05, 0) is 105 Å². The van der Waals surface area contributed by atoms with Crippen molar-refractivity contribution >= 4 is 6.41 Å². The number of carbonyl (C=O) groups is 1. The fourth-order valence-corrected chi connectivity index (χ4v) is 7.75. The number of allylic oxidation sites excluding steroid dienone is 3. The topological polar surface area (TPSA) is 60.8 Å².